The van der Waals surface area contributed by atoms with Crippen LogP contribution >= 0.6 is 0 Å². The van der Waals surface area contributed by atoms with Gasteiger partial charge in [-0.2, -0.15) is 18.2 Å². The fourth-order valence-electron chi connectivity index (χ4n) is 1.77. The predicted octanol–water partition coefficient (Wildman–Crippen LogP) is 2.26. The Balaban J connectivity index is 2.13. The van der Waals surface area contributed by atoms with Crippen LogP contribution in [-0.4, -0.2) is 33.8 Å². The highest BCUT2D eigenvalue weighted by molar-refractivity contribution is 5.94. The summed E-state index contributed by atoms with van der Waals surface area (Å²) >= 11 is 0. The minimum atomic E-state index is -4.70. The van der Waals surface area contributed by atoms with E-state index in [1.165, 1.54) is 24.3 Å². The highest BCUT2D eigenvalue weighted by atomic mass is 19.4. The lowest BCUT2D eigenvalue weighted by atomic mass is 10.1. The van der Waals surface area contributed by atoms with Crippen LogP contribution in [0.5, 0.6) is 0 Å². The van der Waals surface area contributed by atoms with E-state index in [2.05, 4.69) is 20.0 Å². The molecule has 6 nitrogen and oxygen atoms in total. The molecule has 0 saturated heterocycles. The van der Waals surface area contributed by atoms with Crippen LogP contribution in [0.2, 0.25) is 0 Å². The number of benzene rings is 1. The number of aliphatic hydroxyl groups is 1. The van der Waals surface area contributed by atoms with Crippen LogP contribution in [0.15, 0.2) is 28.8 Å². The molecule has 0 fully saturated rings. The first-order chi connectivity index (χ1) is 10.8. The first-order valence-corrected chi connectivity index (χ1v) is 6.78. The summed E-state index contributed by atoms with van der Waals surface area (Å²) in [5.41, 5.74) is 0.593. The van der Waals surface area contributed by atoms with E-state index in [0.29, 0.717) is 12.0 Å². The molecule has 0 bridgehead atoms. The Morgan fingerprint density at radius 2 is 2.00 bits per heavy atom. The Bertz CT molecular complexity index is 664. The molecule has 124 valence electrons. The van der Waals surface area contributed by atoms with Crippen molar-refractivity contribution in [2.75, 3.05) is 6.61 Å². The fourth-order valence-corrected chi connectivity index (χ4v) is 1.77. The quantitative estimate of drug-likeness (QED) is 0.878. The third-order valence-electron chi connectivity index (χ3n) is 3.12. The van der Waals surface area contributed by atoms with Gasteiger partial charge in [0.2, 0.25) is 5.82 Å². The maximum Gasteiger partial charge on any atom is 0.471 e. The molecule has 0 aliphatic rings. The smallest absolute Gasteiger partial charge is 0.394 e. The molecule has 23 heavy (non-hydrogen) atoms. The van der Waals surface area contributed by atoms with E-state index in [4.69, 9.17) is 5.11 Å². The van der Waals surface area contributed by atoms with Crippen LogP contribution in [0.4, 0.5) is 13.2 Å². The van der Waals surface area contributed by atoms with Gasteiger partial charge in [-0.15, -0.1) is 0 Å². The monoisotopic (exact) mass is 329 g/mol. The molecule has 2 aromatic rings. The van der Waals surface area contributed by atoms with Gasteiger partial charge in [-0.05, 0) is 18.6 Å². The van der Waals surface area contributed by atoms with Gasteiger partial charge in [0.25, 0.3) is 5.91 Å². The fraction of sp³-hybridized carbons (Fsp3) is 0.357. The van der Waals surface area contributed by atoms with E-state index in [1.54, 1.807) is 0 Å². The van der Waals surface area contributed by atoms with Crippen LogP contribution in [-0.2, 0) is 6.18 Å². The second kappa shape index (κ2) is 6.78. The number of alkyl halides is 3. The van der Waals surface area contributed by atoms with Crippen molar-refractivity contribution in [2.45, 2.75) is 25.6 Å². The number of rotatable bonds is 5. The zero-order valence-electron chi connectivity index (χ0n) is 12.1. The van der Waals surface area contributed by atoms with Crippen molar-refractivity contribution in [1.82, 2.24) is 15.5 Å². The number of nitrogens with one attached hydrogen (secondary N) is 1. The molecule has 9 heteroatoms. The Labute approximate surface area is 129 Å². The zero-order valence-corrected chi connectivity index (χ0v) is 12.1. The van der Waals surface area contributed by atoms with E-state index < -0.39 is 12.1 Å². The molecular formula is C14H14F3N3O3. The maximum atomic E-state index is 12.4. The van der Waals surface area contributed by atoms with Crippen molar-refractivity contribution in [1.29, 1.82) is 0 Å². The molecule has 1 atom stereocenters. The van der Waals surface area contributed by atoms with Crippen LogP contribution in [0.3, 0.4) is 0 Å². The standard InChI is InChI=1S/C14H14F3N3O3/c1-2-10(7-21)18-12(22)9-5-3-8(4-6-9)11-19-13(23-20-11)14(15,16)17/h3-6,10,21H,2,7H2,1H3,(H,18,22). The van der Waals surface area contributed by atoms with E-state index in [9.17, 15) is 18.0 Å². The van der Waals surface area contributed by atoms with Gasteiger partial charge in [-0.25, -0.2) is 0 Å². The summed E-state index contributed by atoms with van der Waals surface area (Å²) in [6.45, 7) is 1.64. The number of amides is 1. The molecule has 1 amide bonds. The second-order valence-corrected chi connectivity index (χ2v) is 4.76. The largest absolute Gasteiger partial charge is 0.471 e. The molecule has 1 aromatic carbocycles. The minimum Gasteiger partial charge on any atom is -0.394 e. The van der Waals surface area contributed by atoms with E-state index >= 15 is 0 Å². The average Bonchev–Trinajstić information content (AvgIpc) is 3.02. The SMILES string of the molecule is CCC(CO)NC(=O)c1ccc(-c2noc(C(F)(F)F)n2)cc1. The van der Waals surface area contributed by atoms with Crippen molar-refractivity contribution >= 4 is 5.91 Å². The molecule has 0 saturated carbocycles. The van der Waals surface area contributed by atoms with Gasteiger partial charge in [-0.3, -0.25) is 4.79 Å². The summed E-state index contributed by atoms with van der Waals surface area (Å²) in [5, 5.41) is 14.9. The molecule has 0 aliphatic heterocycles. The highest BCUT2D eigenvalue weighted by Crippen LogP contribution is 2.29. The van der Waals surface area contributed by atoms with Gasteiger partial charge < -0.3 is 14.9 Å². The number of carbonyl (C=O) groups excluding carboxylic acids is 1. The summed E-state index contributed by atoms with van der Waals surface area (Å²) in [6, 6.07) is 5.34. The highest BCUT2D eigenvalue weighted by Gasteiger charge is 2.38. The summed E-state index contributed by atoms with van der Waals surface area (Å²) < 4.78 is 41.4. The number of halogens is 3. The van der Waals surface area contributed by atoms with E-state index in [0.717, 1.165) is 0 Å². The number of aromatic nitrogens is 2. The predicted molar refractivity (Wildman–Crippen MR) is 73.4 cm³/mol. The lowest BCUT2D eigenvalue weighted by molar-refractivity contribution is -0.159. The Hall–Kier alpha value is -2.42. The van der Waals surface area contributed by atoms with Crippen molar-refractivity contribution in [3.63, 3.8) is 0 Å². The first kappa shape index (κ1) is 16.9. The Kier molecular flexibility index (Phi) is 4.99. The zero-order chi connectivity index (χ0) is 17.0. The van der Waals surface area contributed by atoms with Crippen molar-refractivity contribution < 1.29 is 27.6 Å². The van der Waals surface area contributed by atoms with E-state index in [1.807, 2.05) is 6.92 Å². The Morgan fingerprint density at radius 1 is 1.35 bits per heavy atom. The molecule has 0 aliphatic carbocycles. The molecule has 2 N–H and O–H groups in total. The molecule has 1 aromatic heterocycles. The average molecular weight is 329 g/mol. The molecule has 1 unspecified atom stereocenters. The third-order valence-corrected chi connectivity index (χ3v) is 3.12. The number of hydrogen-bond acceptors (Lipinski definition) is 5. The summed E-state index contributed by atoms with van der Waals surface area (Å²) in [5.74, 6) is -2.03. The number of aliphatic hydroxyl groups excluding tert-OH is 1. The van der Waals surface area contributed by atoms with Crippen LogP contribution in [0, 0.1) is 0 Å². The van der Waals surface area contributed by atoms with Gasteiger partial charge in [0.15, 0.2) is 0 Å². The molecule has 0 spiro atoms. The van der Waals surface area contributed by atoms with Crippen LogP contribution in [0.1, 0.15) is 29.6 Å². The van der Waals surface area contributed by atoms with Crippen molar-refractivity contribution in [3.05, 3.63) is 35.7 Å². The maximum absolute atomic E-state index is 12.4. The topological polar surface area (TPSA) is 88.2 Å². The van der Waals surface area contributed by atoms with Gasteiger partial charge in [0, 0.05) is 11.1 Å². The van der Waals surface area contributed by atoms with Crippen molar-refractivity contribution in [2.24, 2.45) is 0 Å². The molecular weight excluding hydrogens is 315 g/mol. The minimum absolute atomic E-state index is 0.177. The lowest BCUT2D eigenvalue weighted by Crippen LogP contribution is -2.36. The van der Waals surface area contributed by atoms with Gasteiger partial charge >= 0.3 is 12.1 Å². The third kappa shape index (κ3) is 4.07. The first-order valence-electron chi connectivity index (χ1n) is 6.78. The van der Waals surface area contributed by atoms with Crippen molar-refractivity contribution in [3.8, 4) is 11.4 Å². The van der Waals surface area contributed by atoms with Gasteiger partial charge in [0.1, 0.15) is 0 Å². The second-order valence-electron chi connectivity index (χ2n) is 4.76. The number of carbonyl (C=O) groups is 1. The van der Waals surface area contributed by atoms with Crippen LogP contribution in [0.25, 0.3) is 11.4 Å². The van der Waals surface area contributed by atoms with E-state index in [-0.39, 0.29) is 29.9 Å². The van der Waals surface area contributed by atoms with Crippen LogP contribution < -0.4 is 5.32 Å². The lowest BCUT2D eigenvalue weighted by Gasteiger charge is -2.13. The molecule has 1 heterocycles. The molecule has 0 radical (unpaired) electrons. The number of hydrogen-bond donors (Lipinski definition) is 2. The van der Waals surface area contributed by atoms with Gasteiger partial charge in [-0.1, -0.05) is 24.2 Å². The summed E-state index contributed by atoms with van der Waals surface area (Å²) in [4.78, 5) is 15.2. The number of nitrogens with zero attached hydrogens (tertiary/aromatic N) is 2. The van der Waals surface area contributed by atoms with Gasteiger partial charge in [0.05, 0.1) is 12.6 Å². The molecule has 2 rings (SSSR count). The summed E-state index contributed by atoms with van der Waals surface area (Å²) in [6.07, 6.45) is -4.13. The summed E-state index contributed by atoms with van der Waals surface area (Å²) in [7, 11) is 0. The normalized spacial score (nSPS) is 12.9. The Morgan fingerprint density at radius 3 is 2.48 bits per heavy atom.